The Kier molecular flexibility index (Phi) is 26.1. The van der Waals surface area contributed by atoms with Gasteiger partial charge in [0.2, 0.25) is 11.8 Å². The number of ether oxygens (including phenoxy) is 6. The summed E-state index contributed by atoms with van der Waals surface area (Å²) in [5.74, 6) is 2.16. The molecule has 0 aliphatic carbocycles. The first-order valence-corrected chi connectivity index (χ1v) is 30.0. The molecule has 450 valence electrons. The zero-order chi connectivity index (χ0) is 60.5. The van der Waals surface area contributed by atoms with Crippen molar-refractivity contribution >= 4 is 53.1 Å². The number of rotatable bonds is 18. The molecule has 2 aliphatic rings. The van der Waals surface area contributed by atoms with E-state index in [0.717, 1.165) is 111 Å². The van der Waals surface area contributed by atoms with Crippen LogP contribution in [0.25, 0.3) is 0 Å². The molecule has 17 nitrogen and oxygen atoms in total. The van der Waals surface area contributed by atoms with Crippen molar-refractivity contribution in [3.05, 3.63) is 87.5 Å². The highest BCUT2D eigenvalue weighted by atomic mass is 32.1. The van der Waals surface area contributed by atoms with E-state index in [1.54, 1.807) is 41.8 Å². The summed E-state index contributed by atoms with van der Waals surface area (Å²) in [6, 6.07) is 4.07. The Morgan fingerprint density at radius 3 is 1.43 bits per heavy atom. The van der Waals surface area contributed by atoms with E-state index >= 15 is 0 Å². The van der Waals surface area contributed by atoms with E-state index < -0.39 is 11.2 Å². The molecule has 2 amide bonds. The molecule has 81 heavy (non-hydrogen) atoms. The number of hydrogen-bond acceptors (Lipinski definition) is 17. The number of thiophene rings is 2. The molecule has 2 fully saturated rings. The Bertz CT molecular complexity index is 2740. The Morgan fingerprint density at radius 1 is 0.667 bits per heavy atom. The predicted octanol–water partition coefficient (Wildman–Crippen LogP) is 12.2. The lowest BCUT2D eigenvalue weighted by Gasteiger charge is -2.35. The molecule has 6 rings (SSSR count). The molecule has 2 atom stereocenters. The first-order valence-electron chi connectivity index (χ1n) is 28.4. The lowest BCUT2D eigenvalue weighted by Crippen LogP contribution is -2.42. The van der Waals surface area contributed by atoms with Crippen molar-refractivity contribution in [2.75, 3.05) is 61.2 Å². The molecule has 4 aromatic heterocycles. The minimum atomic E-state index is -0.491. The van der Waals surface area contributed by atoms with Crippen molar-refractivity contribution in [3.63, 3.8) is 0 Å². The van der Waals surface area contributed by atoms with Crippen LogP contribution in [0.2, 0.25) is 0 Å². The zero-order valence-electron chi connectivity index (χ0n) is 51.8. The highest BCUT2D eigenvalue weighted by Gasteiger charge is 2.35. The summed E-state index contributed by atoms with van der Waals surface area (Å²) in [6.07, 6.45) is 6.68. The van der Waals surface area contributed by atoms with Gasteiger partial charge in [0.1, 0.15) is 17.5 Å². The molecule has 0 bridgehead atoms. The SMILES string of the molecule is COC(=O)c1c(CCC=O)sc([C@H](C)C2CCN(C(=O)OC(C)(C)C)CC2)c1C.COC(=O)c1c(CCCNCc2c(C)cc(C)nc2OC)sc([C@H](C)C2CCN(C(=O)OC(C)(C)C)CC2)c1C.COc1nc(C)cc(C)c1CN. The maximum atomic E-state index is 12.8. The number of nitrogens with one attached hydrogen (secondary N) is 1. The molecule has 2 aliphatic heterocycles. The van der Waals surface area contributed by atoms with Gasteiger partial charge in [-0.1, -0.05) is 13.8 Å². The van der Waals surface area contributed by atoms with Crippen LogP contribution in [0, 0.1) is 53.4 Å². The number of aryl methyl sites for hydroxylation is 6. The number of piperidine rings is 2. The van der Waals surface area contributed by atoms with E-state index in [1.807, 2.05) is 87.1 Å². The van der Waals surface area contributed by atoms with Crippen molar-refractivity contribution in [3.8, 4) is 11.8 Å². The molecular formula is C62H94N6O11S2. The fraction of sp³-hybridized carbons (Fsp3) is 0.629. The van der Waals surface area contributed by atoms with Crippen LogP contribution < -0.4 is 20.5 Å². The van der Waals surface area contributed by atoms with Gasteiger partial charge in [0.05, 0.1) is 39.6 Å². The largest absolute Gasteiger partial charge is 0.481 e. The molecule has 0 aromatic carbocycles. The molecule has 6 heterocycles. The molecule has 3 N–H and O–H groups in total. The smallest absolute Gasteiger partial charge is 0.410 e. The average Bonchev–Trinajstić information content (AvgIpc) is 4.13. The quantitative estimate of drug-likeness (QED) is 0.0411. The van der Waals surface area contributed by atoms with E-state index in [-0.39, 0.29) is 30.0 Å². The van der Waals surface area contributed by atoms with Gasteiger partial charge in [-0.2, -0.15) is 0 Å². The van der Waals surface area contributed by atoms with Crippen molar-refractivity contribution < 1.29 is 52.4 Å². The highest BCUT2D eigenvalue weighted by Crippen LogP contribution is 2.43. The van der Waals surface area contributed by atoms with Crippen LogP contribution >= 0.6 is 22.7 Å². The second kappa shape index (κ2) is 31.1. The second-order valence-corrected chi connectivity index (χ2v) is 25.5. The first kappa shape index (κ1) is 67.9. The minimum Gasteiger partial charge on any atom is -0.481 e. The normalized spacial score (nSPS) is 14.9. The number of pyridine rings is 2. The molecule has 0 radical (unpaired) electrons. The predicted molar refractivity (Wildman–Crippen MR) is 322 cm³/mol. The van der Waals surface area contributed by atoms with Crippen molar-refractivity contribution in [1.29, 1.82) is 0 Å². The molecule has 2 saturated heterocycles. The number of amides is 2. The van der Waals surface area contributed by atoms with E-state index in [4.69, 9.17) is 34.2 Å². The van der Waals surface area contributed by atoms with Crippen molar-refractivity contribution in [1.82, 2.24) is 25.1 Å². The Morgan fingerprint density at radius 2 is 1.06 bits per heavy atom. The molecule has 0 unspecified atom stereocenters. The summed E-state index contributed by atoms with van der Waals surface area (Å²) < 4.78 is 31.8. The Balaban J connectivity index is 0.000000298. The average molecular weight is 1160 g/mol. The van der Waals surface area contributed by atoms with Gasteiger partial charge in [-0.05, 0) is 193 Å². The van der Waals surface area contributed by atoms with Gasteiger partial charge in [0.15, 0.2) is 0 Å². The number of carbonyl (C=O) groups excluding carboxylic acids is 5. The van der Waals surface area contributed by atoms with Gasteiger partial charge < -0.3 is 54.1 Å². The van der Waals surface area contributed by atoms with Gasteiger partial charge in [-0.25, -0.2) is 29.1 Å². The molecule has 0 saturated carbocycles. The number of nitrogens with zero attached hydrogens (tertiary/aromatic N) is 4. The Labute approximate surface area is 490 Å². The maximum absolute atomic E-state index is 12.8. The van der Waals surface area contributed by atoms with Crippen LogP contribution in [0.3, 0.4) is 0 Å². The van der Waals surface area contributed by atoms with Crippen LogP contribution in [-0.4, -0.2) is 123 Å². The van der Waals surface area contributed by atoms with Crippen LogP contribution in [0.5, 0.6) is 11.8 Å². The number of esters is 2. The number of hydrogen-bond donors (Lipinski definition) is 2. The van der Waals surface area contributed by atoms with E-state index in [0.29, 0.717) is 87.2 Å². The summed E-state index contributed by atoms with van der Waals surface area (Å²) in [6.45, 7) is 32.5. The molecule has 0 spiro atoms. The van der Waals surface area contributed by atoms with Gasteiger partial charge in [0, 0.05) is 87.7 Å². The number of aldehydes is 1. The van der Waals surface area contributed by atoms with Crippen molar-refractivity contribution in [2.45, 2.75) is 184 Å². The summed E-state index contributed by atoms with van der Waals surface area (Å²) >= 11 is 3.37. The number of carbonyl (C=O) groups is 5. The van der Waals surface area contributed by atoms with Crippen LogP contribution in [0.1, 0.15) is 191 Å². The van der Waals surface area contributed by atoms with Gasteiger partial charge in [-0.3, -0.25) is 0 Å². The maximum Gasteiger partial charge on any atom is 0.410 e. The number of nitrogens with two attached hydrogens (primary N) is 1. The Hall–Kier alpha value is -5.63. The van der Waals surface area contributed by atoms with E-state index in [9.17, 15) is 24.0 Å². The standard InChI is InChI=1S/C31H47N3O5S.C22H33NO5S.C9H14N2O/c1-19-17-20(2)33-28(37-8)24(19)18-32-14-10-11-25-26(29(35)38-9)22(4)27(40-25)21(3)23-12-15-34(16-13-23)30(36)39-31(5,6)7;1-14(16-9-11-23(12-10-16)21(26)28-22(3,4)5)19-15(2)18(20(25)27-6)17(29-19)8-7-13-24;1-6-4-7(2)11-9(12-3)8(6)5-10/h17,21,23,32H,10-16,18H2,1-9H3;13-14,16H,7-12H2,1-6H3;4H,5,10H2,1-3H3/t21-;14-;/m11./s1. The summed E-state index contributed by atoms with van der Waals surface area (Å²) in [5.41, 5.74) is 14.2. The third kappa shape index (κ3) is 19.2. The van der Waals surface area contributed by atoms with Crippen molar-refractivity contribution in [2.24, 2.45) is 17.6 Å². The summed E-state index contributed by atoms with van der Waals surface area (Å²) in [5, 5.41) is 3.52. The number of aromatic nitrogens is 2. The number of methoxy groups -OCH3 is 4. The van der Waals surface area contributed by atoms with Gasteiger partial charge >= 0.3 is 24.1 Å². The fourth-order valence-corrected chi connectivity index (χ4v) is 13.6. The van der Waals surface area contributed by atoms with Gasteiger partial charge in [-0.15, -0.1) is 22.7 Å². The molecular weight excluding hydrogens is 1070 g/mol. The minimum absolute atomic E-state index is 0.234. The summed E-state index contributed by atoms with van der Waals surface area (Å²) in [4.78, 5) is 77.5. The topological polar surface area (TPSA) is 211 Å². The first-order chi connectivity index (χ1) is 38.1. The third-order valence-corrected chi connectivity index (χ3v) is 18.0. The van der Waals surface area contributed by atoms with E-state index in [2.05, 4.69) is 42.1 Å². The third-order valence-electron chi connectivity index (χ3n) is 14.9. The highest BCUT2D eigenvalue weighted by molar-refractivity contribution is 7.13. The van der Waals surface area contributed by atoms with Crippen LogP contribution in [0.15, 0.2) is 12.1 Å². The fourth-order valence-electron chi connectivity index (χ4n) is 10.6. The molecule has 19 heteroatoms. The monoisotopic (exact) mass is 1160 g/mol. The van der Waals surface area contributed by atoms with Gasteiger partial charge in [0.25, 0.3) is 0 Å². The zero-order valence-corrected chi connectivity index (χ0v) is 53.5. The van der Waals surface area contributed by atoms with Crippen LogP contribution in [0.4, 0.5) is 9.59 Å². The lowest BCUT2D eigenvalue weighted by atomic mass is 9.83. The molecule has 4 aromatic rings. The lowest BCUT2D eigenvalue weighted by molar-refractivity contribution is -0.107. The second-order valence-electron chi connectivity index (χ2n) is 23.3. The number of likely N-dealkylation sites (tertiary alicyclic amines) is 2. The summed E-state index contributed by atoms with van der Waals surface area (Å²) in [7, 11) is 6.10. The van der Waals surface area contributed by atoms with Crippen LogP contribution in [-0.2, 0) is 49.7 Å². The van der Waals surface area contributed by atoms with E-state index in [1.165, 1.54) is 24.0 Å².